The van der Waals surface area contributed by atoms with Crippen LogP contribution in [0.3, 0.4) is 0 Å². The summed E-state index contributed by atoms with van der Waals surface area (Å²) in [4.78, 5) is 16.0. The third-order valence-electron chi connectivity index (χ3n) is 3.26. The molecule has 3 N–H and O–H groups in total. The number of Topliss-reactive ketones (excluding diaryl/α,β-unsaturated/α-hetero) is 1. The van der Waals surface area contributed by atoms with E-state index in [1.165, 1.54) is 25.7 Å². The number of nitrogens with two attached hydrogens (primary N) is 1. The Balaban J connectivity index is 1.96. The number of nitrogens with zero attached hydrogens (tertiary/aromatic N) is 1. The van der Waals surface area contributed by atoms with Crippen LogP contribution in [0.2, 0.25) is 0 Å². The largest absolute Gasteiger partial charge is 0.383 e. The van der Waals surface area contributed by atoms with E-state index >= 15 is 0 Å². The monoisotopic (exact) mass is 233 g/mol. The highest BCUT2D eigenvalue weighted by Gasteiger charge is 2.17. The fraction of sp³-hybridized carbons (Fsp3) is 0.538. The quantitative estimate of drug-likeness (QED) is 0.776. The Morgan fingerprint density at radius 3 is 2.94 bits per heavy atom. The van der Waals surface area contributed by atoms with Gasteiger partial charge in [-0.3, -0.25) is 4.79 Å². The minimum atomic E-state index is 0.0330. The molecule has 0 unspecified atom stereocenters. The molecule has 0 aliphatic heterocycles. The van der Waals surface area contributed by atoms with E-state index in [-0.39, 0.29) is 5.78 Å². The molecule has 1 fully saturated rings. The van der Waals surface area contributed by atoms with Crippen LogP contribution in [0, 0.1) is 6.92 Å². The first-order valence-corrected chi connectivity index (χ1v) is 6.15. The molecule has 0 bridgehead atoms. The smallest absolute Gasteiger partial charge is 0.180 e. The zero-order chi connectivity index (χ0) is 12.3. The molecule has 0 saturated heterocycles. The fourth-order valence-electron chi connectivity index (χ4n) is 2.27. The number of anilines is 1. The average molecular weight is 233 g/mol. The maximum absolute atomic E-state index is 12.0. The third-order valence-corrected chi connectivity index (χ3v) is 3.26. The second-order valence-corrected chi connectivity index (χ2v) is 4.73. The first-order chi connectivity index (χ1) is 8.16. The summed E-state index contributed by atoms with van der Waals surface area (Å²) in [7, 11) is 0. The molecule has 0 aromatic carbocycles. The second-order valence-electron chi connectivity index (χ2n) is 4.73. The van der Waals surface area contributed by atoms with E-state index in [1.807, 2.05) is 6.92 Å². The van der Waals surface area contributed by atoms with Crippen molar-refractivity contribution in [1.82, 2.24) is 10.3 Å². The number of pyridine rings is 1. The summed E-state index contributed by atoms with van der Waals surface area (Å²) in [6, 6.07) is 2.30. The number of carbonyl (C=O) groups is 1. The van der Waals surface area contributed by atoms with Crippen LogP contribution in [0.15, 0.2) is 12.3 Å². The molecule has 2 rings (SSSR count). The number of hydrogen-bond acceptors (Lipinski definition) is 4. The number of aromatic nitrogens is 1. The number of nitrogens with one attached hydrogen (secondary N) is 1. The van der Waals surface area contributed by atoms with E-state index in [2.05, 4.69) is 10.3 Å². The van der Waals surface area contributed by atoms with Gasteiger partial charge in [-0.25, -0.2) is 4.98 Å². The molecule has 1 aliphatic rings. The maximum atomic E-state index is 12.0. The van der Waals surface area contributed by atoms with E-state index in [0.29, 0.717) is 24.0 Å². The summed E-state index contributed by atoms with van der Waals surface area (Å²) in [5.74, 6) is 0.361. The first kappa shape index (κ1) is 12.0. The van der Waals surface area contributed by atoms with E-state index in [0.717, 1.165) is 5.56 Å². The van der Waals surface area contributed by atoms with E-state index < -0.39 is 0 Å². The molecule has 1 aromatic rings. The standard InChI is InChI=1S/C13H19N3O/c1-9-6-11(13(14)16-7-9)12(17)8-15-10-4-2-3-5-10/h6-7,10,15H,2-5,8H2,1H3,(H2,14,16). The van der Waals surface area contributed by atoms with Gasteiger partial charge in [0.2, 0.25) is 0 Å². The Bertz CT molecular complexity index is 411. The Kier molecular flexibility index (Phi) is 3.74. The molecular weight excluding hydrogens is 214 g/mol. The predicted molar refractivity (Wildman–Crippen MR) is 68.0 cm³/mol. The lowest BCUT2D eigenvalue weighted by Gasteiger charge is -2.11. The first-order valence-electron chi connectivity index (χ1n) is 6.15. The molecule has 1 aromatic heterocycles. The van der Waals surface area contributed by atoms with Crippen molar-refractivity contribution < 1.29 is 4.79 Å². The summed E-state index contributed by atoms with van der Waals surface area (Å²) in [5.41, 5.74) is 7.21. The molecule has 0 spiro atoms. The Morgan fingerprint density at radius 1 is 1.53 bits per heavy atom. The van der Waals surface area contributed by atoms with Crippen molar-refractivity contribution in [2.24, 2.45) is 0 Å². The predicted octanol–water partition coefficient (Wildman–Crippen LogP) is 1.69. The van der Waals surface area contributed by atoms with Crippen LogP contribution in [0.1, 0.15) is 41.6 Å². The number of aryl methyl sites for hydroxylation is 1. The van der Waals surface area contributed by atoms with Gasteiger partial charge in [0.1, 0.15) is 5.82 Å². The van der Waals surface area contributed by atoms with Crippen molar-refractivity contribution in [3.63, 3.8) is 0 Å². The molecule has 17 heavy (non-hydrogen) atoms. The lowest BCUT2D eigenvalue weighted by molar-refractivity contribution is 0.0988. The van der Waals surface area contributed by atoms with E-state index in [1.54, 1.807) is 12.3 Å². The van der Waals surface area contributed by atoms with E-state index in [9.17, 15) is 4.79 Å². The summed E-state index contributed by atoms with van der Waals surface area (Å²) < 4.78 is 0. The highest BCUT2D eigenvalue weighted by molar-refractivity contribution is 6.01. The lowest BCUT2D eigenvalue weighted by Crippen LogP contribution is -2.31. The summed E-state index contributed by atoms with van der Waals surface area (Å²) in [6.07, 6.45) is 6.56. The molecule has 92 valence electrons. The number of hydrogen-bond donors (Lipinski definition) is 2. The van der Waals surface area contributed by atoms with Crippen LogP contribution in [0.4, 0.5) is 5.82 Å². The Morgan fingerprint density at radius 2 is 2.24 bits per heavy atom. The third kappa shape index (κ3) is 3.03. The molecule has 1 saturated carbocycles. The SMILES string of the molecule is Cc1cnc(N)c(C(=O)CNC2CCCC2)c1. The van der Waals surface area contributed by atoms with Crippen LogP contribution >= 0.6 is 0 Å². The fourth-order valence-corrected chi connectivity index (χ4v) is 2.27. The van der Waals surface area contributed by atoms with Gasteiger partial charge < -0.3 is 11.1 Å². The molecular formula is C13H19N3O. The minimum absolute atomic E-state index is 0.0330. The van der Waals surface area contributed by atoms with Crippen LogP contribution in [-0.2, 0) is 0 Å². The van der Waals surface area contributed by atoms with Gasteiger partial charge in [0.25, 0.3) is 0 Å². The maximum Gasteiger partial charge on any atom is 0.180 e. The van der Waals surface area contributed by atoms with Crippen molar-refractivity contribution in [1.29, 1.82) is 0 Å². The topological polar surface area (TPSA) is 68.0 Å². The van der Waals surface area contributed by atoms with Crippen molar-refractivity contribution in [3.8, 4) is 0 Å². The van der Waals surface area contributed by atoms with Crippen LogP contribution in [0.25, 0.3) is 0 Å². The Labute approximate surface area is 102 Å². The lowest BCUT2D eigenvalue weighted by atomic mass is 10.1. The number of rotatable bonds is 4. The summed E-state index contributed by atoms with van der Waals surface area (Å²) in [5, 5.41) is 3.29. The average Bonchev–Trinajstić information content (AvgIpc) is 2.82. The second kappa shape index (κ2) is 5.27. The van der Waals surface area contributed by atoms with Gasteiger partial charge in [-0.05, 0) is 31.4 Å². The van der Waals surface area contributed by atoms with Gasteiger partial charge in [-0.15, -0.1) is 0 Å². The normalized spacial score (nSPS) is 16.3. The zero-order valence-corrected chi connectivity index (χ0v) is 10.2. The van der Waals surface area contributed by atoms with E-state index in [4.69, 9.17) is 5.73 Å². The van der Waals surface area contributed by atoms with Gasteiger partial charge in [0.05, 0.1) is 12.1 Å². The number of nitrogen functional groups attached to an aromatic ring is 1. The molecule has 1 aliphatic carbocycles. The molecule has 0 radical (unpaired) electrons. The Hall–Kier alpha value is -1.42. The number of carbonyl (C=O) groups excluding carboxylic acids is 1. The van der Waals surface area contributed by atoms with Crippen LogP contribution in [-0.4, -0.2) is 23.4 Å². The highest BCUT2D eigenvalue weighted by Crippen LogP contribution is 2.18. The van der Waals surface area contributed by atoms with Crippen molar-refractivity contribution in [2.45, 2.75) is 38.6 Å². The van der Waals surface area contributed by atoms with Gasteiger partial charge in [-0.1, -0.05) is 12.8 Å². The molecule has 4 heteroatoms. The minimum Gasteiger partial charge on any atom is -0.383 e. The van der Waals surface area contributed by atoms with Gasteiger partial charge in [-0.2, -0.15) is 0 Å². The van der Waals surface area contributed by atoms with Crippen LogP contribution < -0.4 is 11.1 Å². The molecule has 0 amide bonds. The van der Waals surface area contributed by atoms with Gasteiger partial charge in [0, 0.05) is 12.2 Å². The van der Waals surface area contributed by atoms with Crippen molar-refractivity contribution in [2.75, 3.05) is 12.3 Å². The molecule has 4 nitrogen and oxygen atoms in total. The van der Waals surface area contributed by atoms with Crippen molar-refractivity contribution >= 4 is 11.6 Å². The van der Waals surface area contributed by atoms with Gasteiger partial charge in [0.15, 0.2) is 5.78 Å². The number of ketones is 1. The molecule has 0 atom stereocenters. The molecule has 1 heterocycles. The highest BCUT2D eigenvalue weighted by atomic mass is 16.1. The van der Waals surface area contributed by atoms with Crippen molar-refractivity contribution in [3.05, 3.63) is 23.4 Å². The van der Waals surface area contributed by atoms with Gasteiger partial charge >= 0.3 is 0 Å². The summed E-state index contributed by atoms with van der Waals surface area (Å²) >= 11 is 0. The van der Waals surface area contributed by atoms with Crippen LogP contribution in [0.5, 0.6) is 0 Å². The zero-order valence-electron chi connectivity index (χ0n) is 10.2. The summed E-state index contributed by atoms with van der Waals surface area (Å²) in [6.45, 7) is 2.27.